The quantitative estimate of drug-likeness (QED) is 0.727. The maximum Gasteiger partial charge on any atom is 0.317 e. The zero-order chi connectivity index (χ0) is 14.3. The number of carbonyl (C=O) groups is 2. The van der Waals surface area contributed by atoms with Crippen LogP contribution in [0.2, 0.25) is 0 Å². The molecule has 1 aliphatic heterocycles. The highest BCUT2D eigenvalue weighted by Crippen LogP contribution is 2.03. The van der Waals surface area contributed by atoms with E-state index in [9.17, 15) is 9.59 Å². The molecule has 1 aliphatic rings. The summed E-state index contributed by atoms with van der Waals surface area (Å²) in [6.45, 7) is 5.85. The Bertz CT molecular complexity index is 302. The molecule has 0 saturated carbocycles. The number of carboxylic acid groups (broad SMARTS) is 1. The van der Waals surface area contributed by atoms with Gasteiger partial charge in [0.05, 0.1) is 32.3 Å². The normalized spacial score (nSPS) is 19.2. The third-order valence-electron chi connectivity index (χ3n) is 2.82. The summed E-state index contributed by atoms with van der Waals surface area (Å²) < 4.78 is 10.6. The molecule has 1 atom stereocenters. The molecule has 0 aromatic rings. The zero-order valence-corrected chi connectivity index (χ0v) is 11.4. The Hall–Kier alpha value is -1.34. The average Bonchev–Trinajstić information content (AvgIpc) is 2.37. The lowest BCUT2D eigenvalue weighted by Gasteiger charge is -2.28. The number of urea groups is 1. The van der Waals surface area contributed by atoms with Crippen LogP contribution in [0.4, 0.5) is 4.79 Å². The molecule has 7 heteroatoms. The molecule has 1 unspecified atom stereocenters. The van der Waals surface area contributed by atoms with Crippen LogP contribution in [0.15, 0.2) is 0 Å². The summed E-state index contributed by atoms with van der Waals surface area (Å²) in [4.78, 5) is 24.0. The summed E-state index contributed by atoms with van der Waals surface area (Å²) in [7, 11) is 0. The second kappa shape index (κ2) is 7.96. The molecule has 0 spiro atoms. The van der Waals surface area contributed by atoms with Crippen molar-refractivity contribution >= 4 is 12.0 Å². The second-order valence-electron chi connectivity index (χ2n) is 4.68. The van der Waals surface area contributed by atoms with Crippen molar-refractivity contribution in [1.29, 1.82) is 0 Å². The molecular weight excluding hydrogens is 252 g/mol. The summed E-state index contributed by atoms with van der Waals surface area (Å²) in [5.41, 5.74) is 0. The molecule has 110 valence electrons. The Balaban J connectivity index is 2.36. The van der Waals surface area contributed by atoms with Gasteiger partial charge in [-0.3, -0.25) is 4.79 Å². The van der Waals surface area contributed by atoms with Crippen LogP contribution in [0.5, 0.6) is 0 Å². The topological polar surface area (TPSA) is 88.1 Å². The molecule has 1 fully saturated rings. The maximum absolute atomic E-state index is 12.0. The van der Waals surface area contributed by atoms with E-state index in [2.05, 4.69) is 5.32 Å². The van der Waals surface area contributed by atoms with Crippen LogP contribution in [0.3, 0.4) is 0 Å². The van der Waals surface area contributed by atoms with Crippen LogP contribution in [0.25, 0.3) is 0 Å². The first-order valence-electron chi connectivity index (χ1n) is 6.46. The van der Waals surface area contributed by atoms with Crippen LogP contribution < -0.4 is 5.32 Å². The van der Waals surface area contributed by atoms with Gasteiger partial charge in [-0.05, 0) is 13.8 Å². The third kappa shape index (κ3) is 5.89. The van der Waals surface area contributed by atoms with Crippen molar-refractivity contribution in [1.82, 2.24) is 10.2 Å². The van der Waals surface area contributed by atoms with Gasteiger partial charge in [0.2, 0.25) is 0 Å². The minimum absolute atomic E-state index is 0.0529. The van der Waals surface area contributed by atoms with Crippen LogP contribution in [0, 0.1) is 0 Å². The average molecular weight is 274 g/mol. The van der Waals surface area contributed by atoms with Crippen molar-refractivity contribution in [2.45, 2.75) is 32.4 Å². The highest BCUT2D eigenvalue weighted by molar-refractivity contribution is 5.75. The number of amides is 2. The van der Waals surface area contributed by atoms with Gasteiger partial charge in [-0.15, -0.1) is 0 Å². The van der Waals surface area contributed by atoms with Gasteiger partial charge >= 0.3 is 12.0 Å². The van der Waals surface area contributed by atoms with Crippen LogP contribution in [-0.2, 0) is 14.3 Å². The fourth-order valence-electron chi connectivity index (χ4n) is 1.77. The number of nitrogens with one attached hydrogen (secondary N) is 1. The van der Waals surface area contributed by atoms with E-state index in [0.717, 1.165) is 0 Å². The number of hydrogen-bond acceptors (Lipinski definition) is 4. The van der Waals surface area contributed by atoms with E-state index in [0.29, 0.717) is 26.4 Å². The standard InChI is InChI=1S/C12H22N2O5/c1-9(2)14(4-3-11(15)16)12(17)13-7-10-8-18-5-6-19-10/h9-10H,3-8H2,1-2H3,(H,13,17)(H,15,16). The zero-order valence-electron chi connectivity index (χ0n) is 11.4. The van der Waals surface area contributed by atoms with Gasteiger partial charge < -0.3 is 24.8 Å². The SMILES string of the molecule is CC(C)N(CCC(=O)O)C(=O)NCC1COCCO1. The molecule has 2 amide bonds. The van der Waals surface area contributed by atoms with Crippen LogP contribution in [-0.4, -0.2) is 67.1 Å². The van der Waals surface area contributed by atoms with E-state index in [-0.39, 0.29) is 31.1 Å². The Kier molecular flexibility index (Phi) is 6.58. The Labute approximate surface area is 112 Å². The minimum Gasteiger partial charge on any atom is -0.481 e. The van der Waals surface area contributed by atoms with E-state index in [4.69, 9.17) is 14.6 Å². The lowest BCUT2D eigenvalue weighted by atomic mass is 10.3. The summed E-state index contributed by atoms with van der Waals surface area (Å²) in [6.07, 6.45) is -0.194. The molecule has 1 saturated heterocycles. The first-order valence-corrected chi connectivity index (χ1v) is 6.46. The number of rotatable bonds is 6. The summed E-state index contributed by atoms with van der Waals surface area (Å²) >= 11 is 0. The fraction of sp³-hybridized carbons (Fsp3) is 0.833. The first kappa shape index (κ1) is 15.7. The molecule has 7 nitrogen and oxygen atoms in total. The Morgan fingerprint density at radius 2 is 2.16 bits per heavy atom. The van der Waals surface area contributed by atoms with Crippen molar-refractivity contribution in [3.8, 4) is 0 Å². The van der Waals surface area contributed by atoms with Gasteiger partial charge in [-0.1, -0.05) is 0 Å². The molecule has 0 aliphatic carbocycles. The molecule has 1 rings (SSSR count). The molecule has 19 heavy (non-hydrogen) atoms. The number of carboxylic acids is 1. The van der Waals surface area contributed by atoms with E-state index >= 15 is 0 Å². The maximum atomic E-state index is 12.0. The van der Waals surface area contributed by atoms with E-state index in [1.807, 2.05) is 13.8 Å². The van der Waals surface area contributed by atoms with Crippen molar-refractivity contribution in [2.75, 3.05) is 32.9 Å². The molecule has 0 bridgehead atoms. The first-order chi connectivity index (χ1) is 9.00. The Morgan fingerprint density at radius 1 is 1.42 bits per heavy atom. The van der Waals surface area contributed by atoms with Crippen molar-refractivity contribution in [2.24, 2.45) is 0 Å². The minimum atomic E-state index is -0.914. The third-order valence-corrected chi connectivity index (χ3v) is 2.82. The van der Waals surface area contributed by atoms with E-state index in [1.165, 1.54) is 4.90 Å². The van der Waals surface area contributed by atoms with Crippen molar-refractivity contribution in [3.63, 3.8) is 0 Å². The van der Waals surface area contributed by atoms with E-state index < -0.39 is 5.97 Å². The monoisotopic (exact) mass is 274 g/mol. The number of nitrogens with zero attached hydrogens (tertiary/aromatic N) is 1. The molecular formula is C12H22N2O5. The Morgan fingerprint density at radius 3 is 2.68 bits per heavy atom. The molecule has 1 heterocycles. The summed E-state index contributed by atoms with van der Waals surface area (Å²) in [6, 6.07) is -0.326. The van der Waals surface area contributed by atoms with Crippen molar-refractivity contribution in [3.05, 3.63) is 0 Å². The van der Waals surface area contributed by atoms with Crippen LogP contribution in [0.1, 0.15) is 20.3 Å². The van der Waals surface area contributed by atoms with Gasteiger partial charge in [0.15, 0.2) is 0 Å². The number of aliphatic carboxylic acids is 1. The molecule has 0 aromatic heterocycles. The van der Waals surface area contributed by atoms with Crippen LogP contribution >= 0.6 is 0 Å². The highest BCUT2D eigenvalue weighted by Gasteiger charge is 2.20. The smallest absolute Gasteiger partial charge is 0.317 e. The molecule has 0 radical (unpaired) electrons. The molecule has 2 N–H and O–H groups in total. The number of hydrogen-bond donors (Lipinski definition) is 2. The summed E-state index contributed by atoms with van der Waals surface area (Å²) in [5, 5.41) is 11.4. The lowest BCUT2D eigenvalue weighted by molar-refractivity contribution is -0.137. The van der Waals surface area contributed by atoms with E-state index in [1.54, 1.807) is 0 Å². The number of ether oxygens (including phenoxy) is 2. The van der Waals surface area contributed by atoms with Gasteiger partial charge in [0.25, 0.3) is 0 Å². The van der Waals surface area contributed by atoms with Gasteiger partial charge in [-0.25, -0.2) is 4.79 Å². The second-order valence-corrected chi connectivity index (χ2v) is 4.68. The summed E-state index contributed by atoms with van der Waals surface area (Å²) in [5.74, 6) is -0.914. The highest BCUT2D eigenvalue weighted by atomic mass is 16.6. The predicted molar refractivity (Wildman–Crippen MR) is 68.1 cm³/mol. The largest absolute Gasteiger partial charge is 0.481 e. The fourth-order valence-corrected chi connectivity index (χ4v) is 1.77. The number of carbonyl (C=O) groups excluding carboxylic acids is 1. The van der Waals surface area contributed by atoms with Gasteiger partial charge in [0, 0.05) is 19.1 Å². The molecule has 0 aromatic carbocycles. The van der Waals surface area contributed by atoms with Gasteiger partial charge in [0.1, 0.15) is 0 Å². The van der Waals surface area contributed by atoms with Crippen molar-refractivity contribution < 1.29 is 24.2 Å². The lowest BCUT2D eigenvalue weighted by Crippen LogP contribution is -2.48. The predicted octanol–water partition coefficient (Wildman–Crippen LogP) is 0.297. The van der Waals surface area contributed by atoms with Gasteiger partial charge in [-0.2, -0.15) is 0 Å².